The lowest BCUT2D eigenvalue weighted by Gasteiger charge is -2.25. The molecule has 1 aromatic rings. The van der Waals surface area contributed by atoms with E-state index in [2.05, 4.69) is 0 Å². The fourth-order valence-electron chi connectivity index (χ4n) is 1.84. The van der Waals surface area contributed by atoms with Crippen molar-refractivity contribution in [3.63, 3.8) is 0 Å². The third-order valence-corrected chi connectivity index (χ3v) is 3.50. The minimum absolute atomic E-state index is 0.0240. The normalized spacial score (nSPS) is 17.1. The first-order valence-corrected chi connectivity index (χ1v) is 6.95. The Bertz CT molecular complexity index is 514. The highest BCUT2D eigenvalue weighted by atomic mass is 32.2. The maximum Gasteiger partial charge on any atom is 0.289 e. The molecule has 1 aliphatic rings. The van der Waals surface area contributed by atoms with Gasteiger partial charge in [0.2, 0.25) is 5.09 Å². The van der Waals surface area contributed by atoms with Gasteiger partial charge in [-0.3, -0.25) is 4.79 Å². The second kappa shape index (κ2) is 4.50. The summed E-state index contributed by atoms with van der Waals surface area (Å²) in [7, 11) is -3.88. The van der Waals surface area contributed by atoms with Crippen molar-refractivity contribution in [2.45, 2.75) is 24.4 Å². The van der Waals surface area contributed by atoms with E-state index in [4.69, 9.17) is 9.56 Å². The molecule has 17 heavy (non-hydrogen) atoms. The van der Waals surface area contributed by atoms with Crippen molar-refractivity contribution in [1.82, 2.24) is 4.90 Å². The topological polar surface area (TPSA) is 93.6 Å². The lowest BCUT2D eigenvalue weighted by molar-refractivity contribution is 0.0686. The monoisotopic (exact) mass is 258 g/mol. The molecule has 2 N–H and O–H groups in total. The zero-order valence-corrected chi connectivity index (χ0v) is 10.1. The quantitative estimate of drug-likeness (QED) is 0.838. The van der Waals surface area contributed by atoms with Crippen LogP contribution in [-0.4, -0.2) is 32.3 Å². The first kappa shape index (κ1) is 12.1. The Kier molecular flexibility index (Phi) is 3.21. The van der Waals surface area contributed by atoms with Crippen molar-refractivity contribution in [1.29, 1.82) is 0 Å². The lowest BCUT2D eigenvalue weighted by atomic mass is 10.1. The van der Waals surface area contributed by atoms with E-state index in [1.807, 2.05) is 0 Å². The first-order valence-electron chi connectivity index (χ1n) is 5.40. The summed E-state index contributed by atoms with van der Waals surface area (Å²) >= 11 is 0. The second-order valence-electron chi connectivity index (χ2n) is 4.02. The van der Waals surface area contributed by atoms with Gasteiger partial charge in [-0.05, 0) is 31.4 Å². The number of carbonyl (C=O) groups excluding carboxylic acids is 1. The number of nitrogens with zero attached hydrogens (tertiary/aromatic N) is 1. The number of likely N-dealkylation sites (tertiary alicyclic amines) is 1. The maximum absolute atomic E-state index is 11.9. The number of sulfonamides is 1. The third kappa shape index (κ3) is 2.67. The number of rotatable bonds is 2. The Balaban J connectivity index is 2.17. The van der Waals surface area contributed by atoms with Gasteiger partial charge in [0, 0.05) is 13.1 Å². The first-order chi connectivity index (χ1) is 7.98. The Labute approximate surface area is 99.4 Å². The molecule has 1 saturated heterocycles. The van der Waals surface area contributed by atoms with Crippen LogP contribution in [0.5, 0.6) is 0 Å². The predicted molar refractivity (Wildman–Crippen MR) is 59.8 cm³/mol. The Hall–Kier alpha value is -1.34. The number of amides is 1. The van der Waals surface area contributed by atoms with Crippen molar-refractivity contribution in [3.8, 4) is 0 Å². The summed E-state index contributed by atoms with van der Waals surface area (Å²) in [5, 5.41) is 4.53. The molecule has 1 aromatic heterocycles. The number of hydrogen-bond acceptors (Lipinski definition) is 4. The van der Waals surface area contributed by atoms with E-state index in [1.165, 1.54) is 12.1 Å². The Morgan fingerprint density at radius 1 is 1.24 bits per heavy atom. The molecule has 7 heteroatoms. The van der Waals surface area contributed by atoms with Gasteiger partial charge >= 0.3 is 0 Å². The SMILES string of the molecule is NS(=O)(=O)c1ccc(C(=O)N2CCCCC2)o1. The molecule has 0 aromatic carbocycles. The van der Waals surface area contributed by atoms with Crippen molar-refractivity contribution < 1.29 is 17.6 Å². The van der Waals surface area contributed by atoms with E-state index in [0.717, 1.165) is 19.3 Å². The molecule has 2 rings (SSSR count). The molecule has 1 fully saturated rings. The highest BCUT2D eigenvalue weighted by molar-refractivity contribution is 7.89. The van der Waals surface area contributed by atoms with Gasteiger partial charge < -0.3 is 9.32 Å². The molecule has 2 heterocycles. The van der Waals surface area contributed by atoms with Crippen LogP contribution >= 0.6 is 0 Å². The van der Waals surface area contributed by atoms with Crippen LogP contribution in [0.15, 0.2) is 21.6 Å². The average Bonchev–Trinajstić information content (AvgIpc) is 2.78. The van der Waals surface area contributed by atoms with Crippen molar-refractivity contribution >= 4 is 15.9 Å². The Morgan fingerprint density at radius 2 is 1.88 bits per heavy atom. The van der Waals surface area contributed by atoms with Crippen LogP contribution in [0.4, 0.5) is 0 Å². The summed E-state index contributed by atoms with van der Waals surface area (Å²) in [4.78, 5) is 13.6. The number of hydrogen-bond donors (Lipinski definition) is 1. The van der Waals surface area contributed by atoms with Crippen molar-refractivity contribution in [2.75, 3.05) is 13.1 Å². The molecular weight excluding hydrogens is 244 g/mol. The zero-order valence-electron chi connectivity index (χ0n) is 9.26. The highest BCUT2D eigenvalue weighted by Crippen LogP contribution is 2.17. The largest absolute Gasteiger partial charge is 0.438 e. The second-order valence-corrected chi connectivity index (χ2v) is 5.51. The fourth-order valence-corrected chi connectivity index (χ4v) is 2.30. The molecule has 6 nitrogen and oxygen atoms in total. The number of piperidine rings is 1. The van der Waals surface area contributed by atoms with Gasteiger partial charge in [0.15, 0.2) is 5.76 Å². The fraction of sp³-hybridized carbons (Fsp3) is 0.500. The summed E-state index contributed by atoms with van der Waals surface area (Å²) in [6.07, 6.45) is 3.05. The smallest absolute Gasteiger partial charge is 0.289 e. The van der Waals surface area contributed by atoms with Crippen molar-refractivity contribution in [2.24, 2.45) is 5.14 Å². The minimum Gasteiger partial charge on any atom is -0.438 e. The summed E-state index contributed by atoms with van der Waals surface area (Å²) in [5.74, 6) is -0.254. The molecule has 0 aliphatic carbocycles. The number of primary sulfonamides is 1. The zero-order chi connectivity index (χ0) is 12.5. The number of carbonyl (C=O) groups is 1. The molecule has 0 saturated carbocycles. The molecule has 0 unspecified atom stereocenters. The molecule has 0 radical (unpaired) electrons. The number of nitrogens with two attached hydrogens (primary N) is 1. The van der Waals surface area contributed by atoms with Crippen molar-refractivity contribution in [3.05, 3.63) is 17.9 Å². The van der Waals surface area contributed by atoms with E-state index < -0.39 is 10.0 Å². The Morgan fingerprint density at radius 3 is 2.41 bits per heavy atom. The van der Waals surface area contributed by atoms with Gasteiger partial charge in [-0.25, -0.2) is 13.6 Å². The van der Waals surface area contributed by atoms with Crippen LogP contribution in [0.3, 0.4) is 0 Å². The molecule has 0 bridgehead atoms. The van der Waals surface area contributed by atoms with Crippen LogP contribution in [-0.2, 0) is 10.0 Å². The van der Waals surface area contributed by atoms with Gasteiger partial charge in [-0.15, -0.1) is 0 Å². The molecule has 94 valence electrons. The van der Waals surface area contributed by atoms with Crippen LogP contribution in [0.25, 0.3) is 0 Å². The van der Waals surface area contributed by atoms with E-state index in [9.17, 15) is 13.2 Å². The third-order valence-electron chi connectivity index (χ3n) is 2.72. The van der Waals surface area contributed by atoms with Crippen LogP contribution < -0.4 is 5.14 Å². The molecule has 0 spiro atoms. The van der Waals surface area contributed by atoms with E-state index in [0.29, 0.717) is 13.1 Å². The van der Waals surface area contributed by atoms with Gasteiger partial charge in [-0.1, -0.05) is 0 Å². The highest BCUT2D eigenvalue weighted by Gasteiger charge is 2.23. The average molecular weight is 258 g/mol. The lowest BCUT2D eigenvalue weighted by Crippen LogP contribution is -2.35. The molecule has 0 atom stereocenters. The molecular formula is C10H14N2O4S. The van der Waals surface area contributed by atoms with E-state index >= 15 is 0 Å². The summed E-state index contributed by atoms with van der Waals surface area (Å²) in [5.41, 5.74) is 0. The van der Waals surface area contributed by atoms with E-state index in [-0.39, 0.29) is 16.8 Å². The van der Waals surface area contributed by atoms with Gasteiger partial charge in [-0.2, -0.15) is 0 Å². The standard InChI is InChI=1S/C10H14N2O4S/c11-17(14,15)9-5-4-8(16-9)10(13)12-6-2-1-3-7-12/h4-5H,1-3,6-7H2,(H2,11,14,15). The maximum atomic E-state index is 11.9. The van der Waals surface area contributed by atoms with Crippen LogP contribution in [0, 0.1) is 0 Å². The van der Waals surface area contributed by atoms with Gasteiger partial charge in [0.05, 0.1) is 0 Å². The summed E-state index contributed by atoms with van der Waals surface area (Å²) in [6, 6.07) is 2.54. The summed E-state index contributed by atoms with van der Waals surface area (Å²) < 4.78 is 27.0. The van der Waals surface area contributed by atoms with Gasteiger partial charge in [0.25, 0.3) is 15.9 Å². The molecule has 1 amide bonds. The van der Waals surface area contributed by atoms with Crippen LogP contribution in [0.1, 0.15) is 29.8 Å². The minimum atomic E-state index is -3.88. The predicted octanol–water partition coefficient (Wildman–Crippen LogP) is 0.553. The molecule has 1 aliphatic heterocycles. The van der Waals surface area contributed by atoms with Crippen LogP contribution in [0.2, 0.25) is 0 Å². The van der Waals surface area contributed by atoms with Gasteiger partial charge in [0.1, 0.15) is 0 Å². The van der Waals surface area contributed by atoms with E-state index in [1.54, 1.807) is 4.90 Å². The number of furan rings is 1. The summed E-state index contributed by atoms with van der Waals surface area (Å²) in [6.45, 7) is 1.37.